The van der Waals surface area contributed by atoms with Crippen molar-refractivity contribution in [2.24, 2.45) is 0 Å². The van der Waals surface area contributed by atoms with Crippen LogP contribution in [0.15, 0.2) is 0 Å². The molecule has 1 aliphatic rings. The predicted octanol–water partition coefficient (Wildman–Crippen LogP) is -1.16. The van der Waals surface area contributed by atoms with E-state index in [4.69, 9.17) is 20.1 Å². The Hall–Kier alpha value is -0.160. The molecule has 0 bridgehead atoms. The van der Waals surface area contributed by atoms with Crippen LogP contribution in [0.4, 0.5) is 0 Å². The second-order valence-electron chi connectivity index (χ2n) is 2.60. The van der Waals surface area contributed by atoms with E-state index in [0.717, 1.165) is 0 Å². The Morgan fingerprint density at radius 1 is 1.20 bits per heavy atom. The minimum absolute atomic E-state index is 0.183. The zero-order valence-corrected chi connectivity index (χ0v) is 5.77. The molecule has 0 aliphatic carbocycles. The summed E-state index contributed by atoms with van der Waals surface area (Å²) in [5.74, 6) is 0. The van der Waals surface area contributed by atoms with Crippen LogP contribution >= 0.6 is 0 Å². The third-order valence-electron chi connectivity index (χ3n) is 1.71. The Bertz CT molecular complexity index is 90.3. The van der Waals surface area contributed by atoms with Gasteiger partial charge in [-0.3, -0.25) is 0 Å². The smallest absolute Gasteiger partial charge is 0.181 e. The molecule has 0 aromatic carbocycles. The monoisotopic (exact) mass is 148 g/mol. The molecule has 10 heavy (non-hydrogen) atoms. The summed E-state index contributed by atoms with van der Waals surface area (Å²) >= 11 is 0. The van der Waals surface area contributed by atoms with Crippen LogP contribution in [0.3, 0.4) is 0 Å². The maximum Gasteiger partial charge on any atom is 0.181 e. The fourth-order valence-electron chi connectivity index (χ4n) is 0.957. The van der Waals surface area contributed by atoms with Crippen LogP contribution in [0.5, 0.6) is 0 Å². The normalized spacial score (nSPS) is 49.2. The number of aliphatic hydroxyl groups excluding tert-OH is 3. The maximum atomic E-state index is 9.07. The Morgan fingerprint density at radius 3 is 2.30 bits per heavy atom. The second-order valence-corrected chi connectivity index (χ2v) is 2.60. The van der Waals surface area contributed by atoms with Gasteiger partial charge in [0.25, 0.3) is 0 Å². The van der Waals surface area contributed by atoms with Crippen molar-refractivity contribution in [2.75, 3.05) is 0 Å². The average molecular weight is 148 g/mol. The predicted molar refractivity (Wildman–Crippen MR) is 33.2 cm³/mol. The Labute approximate surface area is 59.1 Å². The standard InChI is InChI=1S/C6H12O4/c1-3-4(7)2-5(8)6(9)10-3/h3-9H,2H2,1H3/t3?,4-,5?,6+/m1/s1. The van der Waals surface area contributed by atoms with E-state index in [2.05, 4.69) is 0 Å². The van der Waals surface area contributed by atoms with Gasteiger partial charge in [0.2, 0.25) is 0 Å². The van der Waals surface area contributed by atoms with Crippen molar-refractivity contribution in [1.29, 1.82) is 0 Å². The van der Waals surface area contributed by atoms with Crippen LogP contribution in [0.2, 0.25) is 0 Å². The minimum atomic E-state index is -1.14. The van der Waals surface area contributed by atoms with Crippen molar-refractivity contribution in [1.82, 2.24) is 0 Å². The summed E-state index contributed by atoms with van der Waals surface area (Å²) in [6, 6.07) is 0. The topological polar surface area (TPSA) is 69.9 Å². The van der Waals surface area contributed by atoms with Crippen LogP contribution in [0, 0.1) is 0 Å². The van der Waals surface area contributed by atoms with Gasteiger partial charge in [0.05, 0.1) is 12.2 Å². The lowest BCUT2D eigenvalue weighted by Crippen LogP contribution is -2.45. The highest BCUT2D eigenvalue weighted by molar-refractivity contribution is 4.76. The van der Waals surface area contributed by atoms with Crippen LogP contribution < -0.4 is 0 Å². The summed E-state index contributed by atoms with van der Waals surface area (Å²) in [4.78, 5) is 0. The third-order valence-corrected chi connectivity index (χ3v) is 1.71. The van der Waals surface area contributed by atoms with Gasteiger partial charge < -0.3 is 20.1 Å². The lowest BCUT2D eigenvalue weighted by atomic mass is 10.0. The molecule has 1 aliphatic heterocycles. The molecule has 0 saturated carbocycles. The lowest BCUT2D eigenvalue weighted by Gasteiger charge is -2.32. The van der Waals surface area contributed by atoms with Gasteiger partial charge in [-0.25, -0.2) is 0 Å². The van der Waals surface area contributed by atoms with Crippen molar-refractivity contribution in [3.63, 3.8) is 0 Å². The average Bonchev–Trinajstić information content (AvgIpc) is 1.84. The van der Waals surface area contributed by atoms with Gasteiger partial charge in [-0.1, -0.05) is 0 Å². The molecule has 4 nitrogen and oxygen atoms in total. The first kappa shape index (κ1) is 7.94. The molecule has 2 unspecified atom stereocenters. The summed E-state index contributed by atoms with van der Waals surface area (Å²) in [6.45, 7) is 1.65. The SMILES string of the molecule is CC1O[C@H](O)C(O)C[C@H]1O. The van der Waals surface area contributed by atoms with Crippen molar-refractivity contribution in [3.05, 3.63) is 0 Å². The first-order valence-corrected chi connectivity index (χ1v) is 3.31. The highest BCUT2D eigenvalue weighted by Crippen LogP contribution is 2.17. The summed E-state index contributed by atoms with van der Waals surface area (Å²) in [7, 11) is 0. The van der Waals surface area contributed by atoms with Gasteiger partial charge in [-0.2, -0.15) is 0 Å². The molecule has 60 valence electrons. The Balaban J connectivity index is 2.46. The fraction of sp³-hybridized carbons (Fsp3) is 1.00. The van der Waals surface area contributed by atoms with Crippen LogP contribution in [0.1, 0.15) is 13.3 Å². The number of hydrogen-bond donors (Lipinski definition) is 3. The van der Waals surface area contributed by atoms with E-state index in [1.54, 1.807) is 6.92 Å². The summed E-state index contributed by atoms with van der Waals surface area (Å²) in [5, 5.41) is 26.9. The molecule has 4 heteroatoms. The molecule has 0 aromatic heterocycles. The van der Waals surface area contributed by atoms with Crippen molar-refractivity contribution in [2.45, 2.75) is 37.9 Å². The molecular formula is C6H12O4. The van der Waals surface area contributed by atoms with Gasteiger partial charge in [0.1, 0.15) is 6.10 Å². The molecule has 1 rings (SSSR count). The van der Waals surface area contributed by atoms with E-state index >= 15 is 0 Å². The van der Waals surface area contributed by atoms with E-state index < -0.39 is 24.6 Å². The van der Waals surface area contributed by atoms with E-state index in [1.165, 1.54) is 0 Å². The molecular weight excluding hydrogens is 136 g/mol. The maximum absolute atomic E-state index is 9.07. The molecule has 1 saturated heterocycles. The van der Waals surface area contributed by atoms with Gasteiger partial charge in [-0.15, -0.1) is 0 Å². The zero-order chi connectivity index (χ0) is 7.72. The molecule has 0 spiro atoms. The summed E-state index contributed by atoms with van der Waals surface area (Å²) in [6.07, 6.45) is -2.97. The van der Waals surface area contributed by atoms with E-state index in [9.17, 15) is 0 Å². The van der Waals surface area contributed by atoms with Crippen LogP contribution in [0.25, 0.3) is 0 Å². The second kappa shape index (κ2) is 2.84. The third kappa shape index (κ3) is 1.46. The van der Waals surface area contributed by atoms with Gasteiger partial charge in [-0.05, 0) is 6.92 Å². The van der Waals surface area contributed by atoms with E-state index in [0.29, 0.717) is 0 Å². The highest BCUT2D eigenvalue weighted by atomic mass is 16.6. The molecule has 1 fully saturated rings. The fourth-order valence-corrected chi connectivity index (χ4v) is 0.957. The van der Waals surface area contributed by atoms with E-state index in [-0.39, 0.29) is 6.42 Å². The molecule has 0 amide bonds. The number of rotatable bonds is 0. The first-order chi connectivity index (χ1) is 4.61. The number of hydrogen-bond acceptors (Lipinski definition) is 4. The van der Waals surface area contributed by atoms with Crippen molar-refractivity contribution >= 4 is 0 Å². The number of ether oxygens (including phenoxy) is 1. The molecule has 4 atom stereocenters. The van der Waals surface area contributed by atoms with Crippen molar-refractivity contribution < 1.29 is 20.1 Å². The van der Waals surface area contributed by atoms with E-state index in [1.807, 2.05) is 0 Å². The van der Waals surface area contributed by atoms with Crippen molar-refractivity contribution in [3.8, 4) is 0 Å². The van der Waals surface area contributed by atoms with Gasteiger partial charge in [0, 0.05) is 6.42 Å². The quantitative estimate of drug-likeness (QED) is 0.405. The zero-order valence-electron chi connectivity index (χ0n) is 5.77. The van der Waals surface area contributed by atoms with Gasteiger partial charge in [0.15, 0.2) is 6.29 Å². The number of aliphatic hydroxyl groups is 3. The molecule has 1 heterocycles. The minimum Gasteiger partial charge on any atom is -0.390 e. The Morgan fingerprint density at radius 2 is 1.80 bits per heavy atom. The van der Waals surface area contributed by atoms with Crippen LogP contribution in [-0.4, -0.2) is 39.9 Å². The molecule has 3 N–H and O–H groups in total. The van der Waals surface area contributed by atoms with Crippen LogP contribution in [-0.2, 0) is 4.74 Å². The summed E-state index contributed by atoms with van der Waals surface area (Å²) < 4.78 is 4.77. The largest absolute Gasteiger partial charge is 0.390 e. The molecule has 0 aromatic rings. The lowest BCUT2D eigenvalue weighted by molar-refractivity contribution is -0.240. The highest BCUT2D eigenvalue weighted by Gasteiger charge is 2.32. The molecule has 0 radical (unpaired) electrons. The first-order valence-electron chi connectivity index (χ1n) is 3.31. The summed E-state index contributed by atoms with van der Waals surface area (Å²) in [5.41, 5.74) is 0. The van der Waals surface area contributed by atoms with Gasteiger partial charge >= 0.3 is 0 Å². The Kier molecular flexibility index (Phi) is 2.25.